The lowest BCUT2D eigenvalue weighted by atomic mass is 10.3. The monoisotopic (exact) mass is 584 g/mol. The number of ether oxygens (including phenoxy) is 3. The zero-order valence-electron chi connectivity index (χ0n) is 23.1. The zero-order valence-corrected chi connectivity index (χ0v) is 24.9. The summed E-state index contributed by atoms with van der Waals surface area (Å²) in [6.45, 7) is 16.3. The van der Waals surface area contributed by atoms with Crippen LogP contribution in [0.15, 0.2) is 24.3 Å². The lowest BCUT2D eigenvalue weighted by Gasteiger charge is -2.19. The molecule has 0 saturated carbocycles. The van der Waals surface area contributed by atoms with Gasteiger partial charge in [0, 0.05) is 35.8 Å². The lowest BCUT2D eigenvalue weighted by Crippen LogP contribution is -2.22. The molecule has 38 heavy (non-hydrogen) atoms. The van der Waals surface area contributed by atoms with E-state index in [9.17, 15) is 33.2 Å². The van der Waals surface area contributed by atoms with Gasteiger partial charge >= 0.3 is 23.9 Å². The van der Waals surface area contributed by atoms with Crippen molar-refractivity contribution in [2.24, 2.45) is 0 Å². The van der Waals surface area contributed by atoms with Gasteiger partial charge in [-0.05, 0) is 27.7 Å². The minimum atomic E-state index is -3.21. The highest BCUT2D eigenvalue weighted by atomic mass is 31.2. The van der Waals surface area contributed by atoms with Crippen LogP contribution in [0.3, 0.4) is 0 Å². The van der Waals surface area contributed by atoms with E-state index in [0.29, 0.717) is 0 Å². The van der Waals surface area contributed by atoms with Crippen LogP contribution >= 0.6 is 14.7 Å². The minimum absolute atomic E-state index is 0.0139. The summed E-state index contributed by atoms with van der Waals surface area (Å²) in [4.78, 5) is 53.5. The van der Waals surface area contributed by atoms with Crippen LogP contribution in [0.25, 0.3) is 0 Å². The summed E-state index contributed by atoms with van der Waals surface area (Å²) in [5, 5.41) is 8.57. The predicted molar refractivity (Wildman–Crippen MR) is 143 cm³/mol. The number of carbonyl (C=O) groups is 4. The Morgan fingerprint density at radius 1 is 0.816 bits per heavy atom. The molecule has 12 nitrogen and oxygen atoms in total. The Bertz CT molecular complexity index is 927. The quantitative estimate of drug-likeness (QED) is 0.109. The molecule has 0 spiro atoms. The van der Waals surface area contributed by atoms with Crippen molar-refractivity contribution in [3.05, 3.63) is 24.3 Å². The first kappa shape index (κ1) is 37.9. The molecule has 14 heteroatoms. The second-order valence-electron chi connectivity index (χ2n) is 8.61. The molecule has 0 saturated heterocycles. The fourth-order valence-electron chi connectivity index (χ4n) is 2.16. The molecule has 4 atom stereocenters. The van der Waals surface area contributed by atoms with E-state index in [2.05, 4.69) is 13.2 Å². The molecule has 0 rings (SSSR count). The standard InChI is InChI=1S/2C12H21O6P/c1-5-19(15,16)7-6-11(13)17-8-10(4)18-12(14)9(2)3;1-5-19(16,7-6-11(13)14)17-8-10(4)18-12(15)9(2)3/h10H,2,5-8H2,1,3-4H3,(H,15,16);10H,2,5-8H2,1,3-4H3,(H,13,14). The van der Waals surface area contributed by atoms with Gasteiger partial charge in [-0.2, -0.15) is 0 Å². The van der Waals surface area contributed by atoms with Crippen molar-refractivity contribution in [1.29, 1.82) is 0 Å². The molecule has 0 aromatic carbocycles. The topological polar surface area (TPSA) is 180 Å². The predicted octanol–water partition coefficient (Wildman–Crippen LogP) is 4.00. The van der Waals surface area contributed by atoms with Gasteiger partial charge < -0.3 is 28.7 Å². The molecule has 2 N–H and O–H groups in total. The Labute approximate surface area is 224 Å². The summed E-state index contributed by atoms with van der Waals surface area (Å²) in [6, 6.07) is 0. The van der Waals surface area contributed by atoms with Crippen LogP contribution in [0.2, 0.25) is 0 Å². The molecular weight excluding hydrogens is 542 g/mol. The van der Waals surface area contributed by atoms with Crippen molar-refractivity contribution >= 4 is 38.6 Å². The maximum atomic E-state index is 12.2. The van der Waals surface area contributed by atoms with Crippen molar-refractivity contribution in [2.45, 2.75) is 66.6 Å². The van der Waals surface area contributed by atoms with Crippen LogP contribution in [0.5, 0.6) is 0 Å². The highest BCUT2D eigenvalue weighted by Gasteiger charge is 2.24. The average Bonchev–Trinajstić information content (AvgIpc) is 2.84. The Morgan fingerprint density at radius 2 is 1.29 bits per heavy atom. The Kier molecular flexibility index (Phi) is 18.8. The third-order valence-electron chi connectivity index (χ3n) is 4.64. The molecule has 4 unspecified atom stereocenters. The second kappa shape index (κ2) is 18.9. The number of esters is 3. The Morgan fingerprint density at radius 3 is 1.68 bits per heavy atom. The van der Waals surface area contributed by atoms with E-state index in [0.717, 1.165) is 0 Å². The fraction of sp³-hybridized carbons (Fsp3) is 0.667. The van der Waals surface area contributed by atoms with E-state index in [1.165, 1.54) is 13.8 Å². The first-order chi connectivity index (χ1) is 17.4. The largest absolute Gasteiger partial charge is 0.481 e. The molecule has 0 aliphatic carbocycles. The van der Waals surface area contributed by atoms with Gasteiger partial charge in [0.2, 0.25) is 14.7 Å². The second-order valence-corrected chi connectivity index (χ2v) is 14.3. The molecule has 0 fully saturated rings. The van der Waals surface area contributed by atoms with Crippen molar-refractivity contribution in [1.82, 2.24) is 0 Å². The molecule has 220 valence electrons. The van der Waals surface area contributed by atoms with Gasteiger partial charge in [0.25, 0.3) is 0 Å². The zero-order chi connectivity index (χ0) is 30.1. The van der Waals surface area contributed by atoms with E-state index >= 15 is 0 Å². The van der Waals surface area contributed by atoms with E-state index in [4.69, 9.17) is 23.8 Å². The van der Waals surface area contributed by atoms with Gasteiger partial charge in [0.05, 0.1) is 19.4 Å². The van der Waals surface area contributed by atoms with Crippen LogP contribution < -0.4 is 0 Å². The number of carbonyl (C=O) groups excluding carboxylic acids is 3. The summed E-state index contributed by atoms with van der Waals surface area (Å²) in [5.74, 6) is -2.68. The van der Waals surface area contributed by atoms with Gasteiger partial charge in [0.1, 0.15) is 18.8 Å². The number of aliphatic carboxylic acids is 1. The van der Waals surface area contributed by atoms with E-state index in [1.54, 1.807) is 27.7 Å². The molecule has 0 aromatic rings. The molecule has 0 radical (unpaired) electrons. The maximum absolute atomic E-state index is 12.2. The van der Waals surface area contributed by atoms with Crippen LogP contribution in [0, 0.1) is 0 Å². The maximum Gasteiger partial charge on any atom is 0.333 e. The highest BCUT2D eigenvalue weighted by molar-refractivity contribution is 7.59. The van der Waals surface area contributed by atoms with Crippen LogP contribution in [-0.4, -0.2) is 83.9 Å². The van der Waals surface area contributed by atoms with Crippen LogP contribution in [0.1, 0.15) is 54.4 Å². The first-order valence-corrected chi connectivity index (χ1v) is 16.0. The van der Waals surface area contributed by atoms with Crippen molar-refractivity contribution in [3.8, 4) is 0 Å². The number of carboxylic acid groups (broad SMARTS) is 1. The summed E-state index contributed by atoms with van der Waals surface area (Å²) in [7, 11) is -6.18. The Hall–Kier alpha value is -2.26. The molecule has 0 aliphatic heterocycles. The molecular formula is C24H42O12P2. The van der Waals surface area contributed by atoms with Crippen molar-refractivity contribution < 1.29 is 57.0 Å². The third kappa shape index (κ3) is 19.8. The first-order valence-electron chi connectivity index (χ1n) is 12.0. The van der Waals surface area contributed by atoms with E-state index in [-0.39, 0.29) is 61.8 Å². The number of carboxylic acids is 1. The third-order valence-corrected chi connectivity index (χ3v) is 9.04. The normalized spacial score (nSPS) is 15.2. The molecule has 0 amide bonds. The van der Waals surface area contributed by atoms with E-state index in [1.807, 2.05) is 0 Å². The number of rotatable bonds is 17. The van der Waals surface area contributed by atoms with E-state index < -0.39 is 50.8 Å². The minimum Gasteiger partial charge on any atom is -0.481 e. The van der Waals surface area contributed by atoms with Crippen molar-refractivity contribution in [3.63, 3.8) is 0 Å². The SMILES string of the molecule is C=C(C)C(=O)OC(C)COC(=O)CCP(=O)(O)CC.C=C(C)C(=O)OC(C)COP(=O)(CC)CCC(=O)O. The number of hydrogen-bond acceptors (Lipinski definition) is 10. The molecule has 0 bridgehead atoms. The average molecular weight is 585 g/mol. The summed E-state index contributed by atoms with van der Waals surface area (Å²) < 4.78 is 43.5. The highest BCUT2D eigenvalue weighted by Crippen LogP contribution is 2.47. The summed E-state index contributed by atoms with van der Waals surface area (Å²) in [5.41, 5.74) is 0.541. The van der Waals surface area contributed by atoms with Crippen LogP contribution in [-0.2, 0) is 47.0 Å². The summed E-state index contributed by atoms with van der Waals surface area (Å²) >= 11 is 0. The number of hydrogen-bond donors (Lipinski definition) is 2. The van der Waals surface area contributed by atoms with Crippen LogP contribution in [0.4, 0.5) is 0 Å². The molecule has 0 aliphatic rings. The molecule has 0 heterocycles. The van der Waals surface area contributed by atoms with Gasteiger partial charge in [-0.3, -0.25) is 18.7 Å². The lowest BCUT2D eigenvalue weighted by molar-refractivity contribution is -0.155. The van der Waals surface area contributed by atoms with Crippen molar-refractivity contribution in [2.75, 3.05) is 37.9 Å². The smallest absolute Gasteiger partial charge is 0.333 e. The summed E-state index contributed by atoms with van der Waals surface area (Å²) in [6.07, 6.45) is -1.20. The van der Waals surface area contributed by atoms with Gasteiger partial charge in [-0.15, -0.1) is 0 Å². The van der Waals surface area contributed by atoms with Gasteiger partial charge in [-0.1, -0.05) is 27.0 Å². The Balaban J connectivity index is 0. The molecule has 0 aromatic heterocycles. The van der Waals surface area contributed by atoms with Gasteiger partial charge in [0.15, 0.2) is 0 Å². The van der Waals surface area contributed by atoms with Gasteiger partial charge in [-0.25, -0.2) is 9.59 Å². The fourth-order valence-corrected chi connectivity index (χ4v) is 4.65.